The van der Waals surface area contributed by atoms with Gasteiger partial charge in [0.15, 0.2) is 0 Å². The third-order valence-corrected chi connectivity index (χ3v) is 2.75. The van der Waals surface area contributed by atoms with Gasteiger partial charge in [-0.2, -0.15) is 0 Å². The maximum atomic E-state index is 11.9. The van der Waals surface area contributed by atoms with E-state index in [-0.39, 0.29) is 12.5 Å². The summed E-state index contributed by atoms with van der Waals surface area (Å²) in [7, 11) is 0. The summed E-state index contributed by atoms with van der Waals surface area (Å²) in [4.78, 5) is 33.3. The Labute approximate surface area is 117 Å². The van der Waals surface area contributed by atoms with E-state index >= 15 is 0 Å². The molecule has 1 aromatic rings. The van der Waals surface area contributed by atoms with E-state index in [0.29, 0.717) is 12.1 Å². The fraction of sp³-hybridized carbons (Fsp3) is 0.357. The van der Waals surface area contributed by atoms with Crippen molar-refractivity contribution in [2.24, 2.45) is 0 Å². The van der Waals surface area contributed by atoms with E-state index in [1.165, 1.54) is 5.56 Å². The van der Waals surface area contributed by atoms with Crippen LogP contribution in [0, 0.1) is 0 Å². The number of benzene rings is 1. The SMILES string of the molecule is CCc1ccc(NC(=O)[C@H](C)NC(=O)CNC=O)cc1. The van der Waals surface area contributed by atoms with Crippen LogP contribution in [0.4, 0.5) is 5.69 Å². The number of rotatable bonds is 7. The first-order valence-corrected chi connectivity index (χ1v) is 6.43. The van der Waals surface area contributed by atoms with Gasteiger partial charge in [0.1, 0.15) is 6.04 Å². The molecule has 0 radical (unpaired) electrons. The Morgan fingerprint density at radius 2 is 1.90 bits per heavy atom. The molecule has 0 aromatic heterocycles. The summed E-state index contributed by atoms with van der Waals surface area (Å²) in [6.45, 7) is 3.49. The molecule has 108 valence electrons. The van der Waals surface area contributed by atoms with E-state index in [1.54, 1.807) is 6.92 Å². The Balaban J connectivity index is 2.48. The number of aryl methyl sites for hydroxylation is 1. The van der Waals surface area contributed by atoms with Crippen molar-refractivity contribution in [3.63, 3.8) is 0 Å². The van der Waals surface area contributed by atoms with Crippen LogP contribution in [0.5, 0.6) is 0 Å². The third-order valence-electron chi connectivity index (χ3n) is 2.75. The second-order valence-electron chi connectivity index (χ2n) is 4.33. The van der Waals surface area contributed by atoms with Crippen LogP contribution in [-0.2, 0) is 20.8 Å². The van der Waals surface area contributed by atoms with Crippen LogP contribution in [0.2, 0.25) is 0 Å². The van der Waals surface area contributed by atoms with Crippen LogP contribution in [0.25, 0.3) is 0 Å². The zero-order chi connectivity index (χ0) is 15.0. The van der Waals surface area contributed by atoms with Crippen molar-refractivity contribution < 1.29 is 14.4 Å². The van der Waals surface area contributed by atoms with Crippen molar-refractivity contribution in [1.29, 1.82) is 0 Å². The first-order chi connectivity index (χ1) is 9.56. The molecule has 0 saturated heterocycles. The summed E-state index contributed by atoms with van der Waals surface area (Å²) in [5.74, 6) is -0.727. The lowest BCUT2D eigenvalue weighted by Gasteiger charge is -2.14. The lowest BCUT2D eigenvalue weighted by molar-refractivity contribution is -0.126. The molecule has 3 N–H and O–H groups in total. The number of hydrogen-bond acceptors (Lipinski definition) is 3. The monoisotopic (exact) mass is 277 g/mol. The smallest absolute Gasteiger partial charge is 0.246 e. The molecular weight excluding hydrogens is 258 g/mol. The van der Waals surface area contributed by atoms with Crippen molar-refractivity contribution >= 4 is 23.9 Å². The quantitative estimate of drug-likeness (QED) is 0.632. The van der Waals surface area contributed by atoms with Gasteiger partial charge >= 0.3 is 0 Å². The molecular formula is C14H19N3O3. The van der Waals surface area contributed by atoms with Crippen molar-refractivity contribution in [3.05, 3.63) is 29.8 Å². The molecule has 0 unspecified atom stereocenters. The highest BCUT2D eigenvalue weighted by molar-refractivity contribution is 5.97. The normalized spacial score (nSPS) is 11.3. The van der Waals surface area contributed by atoms with Gasteiger partial charge in [-0.15, -0.1) is 0 Å². The van der Waals surface area contributed by atoms with E-state index in [2.05, 4.69) is 22.9 Å². The molecule has 0 saturated carbocycles. The highest BCUT2D eigenvalue weighted by Gasteiger charge is 2.15. The van der Waals surface area contributed by atoms with Crippen LogP contribution in [0.15, 0.2) is 24.3 Å². The first-order valence-electron chi connectivity index (χ1n) is 6.43. The molecule has 0 spiro atoms. The van der Waals surface area contributed by atoms with Gasteiger partial charge in [-0.05, 0) is 31.0 Å². The van der Waals surface area contributed by atoms with Gasteiger partial charge in [-0.1, -0.05) is 19.1 Å². The topological polar surface area (TPSA) is 87.3 Å². The number of hydrogen-bond donors (Lipinski definition) is 3. The molecule has 0 heterocycles. The highest BCUT2D eigenvalue weighted by Crippen LogP contribution is 2.10. The second kappa shape index (κ2) is 7.93. The molecule has 1 aromatic carbocycles. The van der Waals surface area contributed by atoms with Gasteiger partial charge in [0.25, 0.3) is 0 Å². The molecule has 6 heteroatoms. The Kier molecular flexibility index (Phi) is 6.22. The average molecular weight is 277 g/mol. The highest BCUT2D eigenvalue weighted by atomic mass is 16.2. The number of amides is 3. The van der Waals surface area contributed by atoms with Gasteiger partial charge in [0, 0.05) is 5.69 Å². The van der Waals surface area contributed by atoms with Crippen LogP contribution in [0.1, 0.15) is 19.4 Å². The Hall–Kier alpha value is -2.37. The summed E-state index contributed by atoms with van der Waals surface area (Å²) in [5, 5.41) is 7.43. The molecule has 0 fully saturated rings. The standard InChI is InChI=1S/C14H19N3O3/c1-3-11-4-6-12(7-5-11)17-14(20)10(2)16-13(19)8-15-9-18/h4-7,9-10H,3,8H2,1-2H3,(H,15,18)(H,16,19)(H,17,20)/t10-/m0/s1. The molecule has 0 bridgehead atoms. The number of anilines is 1. The van der Waals surface area contributed by atoms with Crippen molar-refractivity contribution in [2.75, 3.05) is 11.9 Å². The van der Waals surface area contributed by atoms with Crippen LogP contribution in [-0.4, -0.2) is 30.8 Å². The van der Waals surface area contributed by atoms with Crippen molar-refractivity contribution in [2.45, 2.75) is 26.3 Å². The molecule has 6 nitrogen and oxygen atoms in total. The Morgan fingerprint density at radius 3 is 2.45 bits per heavy atom. The minimum atomic E-state index is -0.679. The van der Waals surface area contributed by atoms with Gasteiger partial charge in [-0.3, -0.25) is 14.4 Å². The second-order valence-corrected chi connectivity index (χ2v) is 4.33. The van der Waals surface area contributed by atoms with Crippen LogP contribution < -0.4 is 16.0 Å². The lowest BCUT2D eigenvalue weighted by Crippen LogP contribution is -2.44. The van der Waals surface area contributed by atoms with Gasteiger partial charge in [-0.25, -0.2) is 0 Å². The minimum absolute atomic E-state index is 0.147. The Bertz CT molecular complexity index is 471. The third kappa shape index (κ3) is 5.09. The summed E-state index contributed by atoms with van der Waals surface area (Å²) in [5.41, 5.74) is 1.86. The predicted octanol–water partition coefficient (Wildman–Crippen LogP) is 0.438. The summed E-state index contributed by atoms with van der Waals surface area (Å²) in [6, 6.07) is 6.83. The van der Waals surface area contributed by atoms with Crippen LogP contribution in [0.3, 0.4) is 0 Å². The zero-order valence-electron chi connectivity index (χ0n) is 11.6. The van der Waals surface area contributed by atoms with Gasteiger partial charge in [0.2, 0.25) is 18.2 Å². The Morgan fingerprint density at radius 1 is 1.25 bits per heavy atom. The van der Waals surface area contributed by atoms with E-state index < -0.39 is 11.9 Å². The van der Waals surface area contributed by atoms with E-state index in [1.807, 2.05) is 24.3 Å². The largest absolute Gasteiger partial charge is 0.350 e. The summed E-state index contributed by atoms with van der Waals surface area (Å²) >= 11 is 0. The van der Waals surface area contributed by atoms with Crippen molar-refractivity contribution in [3.8, 4) is 0 Å². The van der Waals surface area contributed by atoms with Crippen LogP contribution >= 0.6 is 0 Å². The maximum absolute atomic E-state index is 11.9. The predicted molar refractivity (Wildman–Crippen MR) is 76.1 cm³/mol. The first kappa shape index (κ1) is 15.7. The van der Waals surface area contributed by atoms with Crippen molar-refractivity contribution in [1.82, 2.24) is 10.6 Å². The molecule has 0 aliphatic carbocycles. The van der Waals surface area contributed by atoms with Gasteiger partial charge in [0.05, 0.1) is 6.54 Å². The fourth-order valence-corrected chi connectivity index (χ4v) is 1.57. The molecule has 3 amide bonds. The van der Waals surface area contributed by atoms with Gasteiger partial charge < -0.3 is 16.0 Å². The zero-order valence-corrected chi connectivity index (χ0v) is 11.6. The molecule has 1 rings (SSSR count). The minimum Gasteiger partial charge on any atom is -0.350 e. The molecule has 20 heavy (non-hydrogen) atoms. The fourth-order valence-electron chi connectivity index (χ4n) is 1.57. The maximum Gasteiger partial charge on any atom is 0.246 e. The molecule has 0 aliphatic rings. The summed E-state index contributed by atoms with van der Waals surface area (Å²) < 4.78 is 0. The number of carbonyl (C=O) groups excluding carboxylic acids is 3. The average Bonchev–Trinajstić information content (AvgIpc) is 2.45. The van der Waals surface area contributed by atoms with E-state index in [9.17, 15) is 14.4 Å². The van der Waals surface area contributed by atoms with E-state index in [4.69, 9.17) is 0 Å². The molecule has 1 atom stereocenters. The van der Waals surface area contributed by atoms with E-state index in [0.717, 1.165) is 6.42 Å². The number of carbonyl (C=O) groups is 3. The molecule has 0 aliphatic heterocycles. The lowest BCUT2D eigenvalue weighted by atomic mass is 10.1. The summed E-state index contributed by atoms with van der Waals surface area (Å²) in [6.07, 6.45) is 1.37. The number of nitrogens with one attached hydrogen (secondary N) is 3.